The molecule has 0 aromatic heterocycles. The van der Waals surface area contributed by atoms with E-state index in [4.69, 9.17) is 4.74 Å². The van der Waals surface area contributed by atoms with Crippen LogP contribution in [0.1, 0.15) is 239 Å². The topological polar surface area (TPSA) is 95.9 Å². The van der Waals surface area contributed by atoms with E-state index in [2.05, 4.69) is 62.5 Å². The Morgan fingerprint density at radius 3 is 1.55 bits per heavy atom. The lowest BCUT2D eigenvalue weighted by atomic mass is 10.0. The van der Waals surface area contributed by atoms with Crippen LogP contribution in [0.25, 0.3) is 0 Å². The number of aliphatic hydroxyl groups is 2. The number of hydrogen-bond donors (Lipinski definition) is 3. The van der Waals surface area contributed by atoms with Crippen molar-refractivity contribution in [3.05, 3.63) is 36.5 Å². The van der Waals surface area contributed by atoms with E-state index in [0.717, 1.165) is 89.9 Å². The van der Waals surface area contributed by atoms with Crippen molar-refractivity contribution in [3.63, 3.8) is 0 Å². The van der Waals surface area contributed by atoms with Crippen LogP contribution in [0, 0.1) is 0 Å². The van der Waals surface area contributed by atoms with Gasteiger partial charge in [0.15, 0.2) is 0 Å². The molecule has 0 heterocycles. The normalized spacial score (nSPS) is 13.6. The summed E-state index contributed by atoms with van der Waals surface area (Å²) in [5.74, 6) is -0.497. The highest BCUT2D eigenvalue weighted by Gasteiger charge is 2.24. The molecular weight excluding hydrogens is 683 g/mol. The molecule has 6 nitrogen and oxygen atoms in total. The summed E-state index contributed by atoms with van der Waals surface area (Å²) in [5, 5.41) is 23.7. The Balaban J connectivity index is 4.55. The van der Waals surface area contributed by atoms with Crippen LogP contribution in [-0.4, -0.2) is 46.9 Å². The molecule has 0 aromatic carbocycles. The van der Waals surface area contributed by atoms with Crippen LogP contribution in [0.15, 0.2) is 36.5 Å². The van der Waals surface area contributed by atoms with Gasteiger partial charge in [0, 0.05) is 6.42 Å². The fourth-order valence-corrected chi connectivity index (χ4v) is 7.11. The number of amides is 1. The van der Waals surface area contributed by atoms with E-state index >= 15 is 0 Å². The number of rotatable bonds is 42. The van der Waals surface area contributed by atoms with Crippen molar-refractivity contribution in [2.24, 2.45) is 0 Å². The average Bonchev–Trinajstić information content (AvgIpc) is 3.18. The van der Waals surface area contributed by atoms with E-state index in [-0.39, 0.29) is 24.9 Å². The van der Waals surface area contributed by atoms with Crippen LogP contribution >= 0.6 is 0 Å². The molecule has 1 amide bonds. The van der Waals surface area contributed by atoms with Gasteiger partial charge >= 0.3 is 5.97 Å². The Bertz CT molecular complexity index is 915. The van der Waals surface area contributed by atoms with E-state index in [0.29, 0.717) is 19.3 Å². The second-order valence-corrected chi connectivity index (χ2v) is 16.1. The summed E-state index contributed by atoms with van der Waals surface area (Å²) in [6.07, 6.45) is 49.2. The third-order valence-corrected chi connectivity index (χ3v) is 10.7. The van der Waals surface area contributed by atoms with Gasteiger partial charge in [0.05, 0.1) is 25.2 Å². The van der Waals surface area contributed by atoms with Gasteiger partial charge in [-0.05, 0) is 77.0 Å². The van der Waals surface area contributed by atoms with E-state index < -0.39 is 18.2 Å². The molecule has 0 fully saturated rings. The van der Waals surface area contributed by atoms with Crippen LogP contribution in [0.3, 0.4) is 0 Å². The van der Waals surface area contributed by atoms with Gasteiger partial charge in [0.25, 0.3) is 0 Å². The molecule has 322 valence electrons. The third-order valence-electron chi connectivity index (χ3n) is 10.7. The number of ether oxygens (including phenoxy) is 1. The number of carbonyl (C=O) groups is 2. The Labute approximate surface area is 341 Å². The fourth-order valence-electron chi connectivity index (χ4n) is 7.11. The van der Waals surface area contributed by atoms with E-state index in [1.807, 2.05) is 0 Å². The third kappa shape index (κ3) is 38.7. The molecule has 0 saturated carbocycles. The van der Waals surface area contributed by atoms with Gasteiger partial charge in [-0.1, -0.05) is 186 Å². The Morgan fingerprint density at radius 2 is 0.982 bits per heavy atom. The number of esters is 1. The Morgan fingerprint density at radius 1 is 0.545 bits per heavy atom. The quantitative estimate of drug-likeness (QED) is 0.0326. The molecule has 0 spiro atoms. The van der Waals surface area contributed by atoms with Gasteiger partial charge in [-0.2, -0.15) is 0 Å². The zero-order chi connectivity index (χ0) is 40.3. The van der Waals surface area contributed by atoms with Gasteiger partial charge in [-0.3, -0.25) is 9.59 Å². The molecule has 0 aliphatic rings. The summed E-state index contributed by atoms with van der Waals surface area (Å²) in [7, 11) is 0. The maximum atomic E-state index is 13.1. The minimum atomic E-state index is -0.789. The van der Waals surface area contributed by atoms with Crippen molar-refractivity contribution in [1.29, 1.82) is 0 Å². The minimum absolute atomic E-state index is 0.0650. The maximum absolute atomic E-state index is 13.1. The molecule has 0 aliphatic heterocycles. The van der Waals surface area contributed by atoms with Crippen molar-refractivity contribution in [1.82, 2.24) is 5.32 Å². The summed E-state index contributed by atoms with van der Waals surface area (Å²) in [6.45, 7) is 6.34. The molecule has 0 bridgehead atoms. The monoisotopic (exact) mass is 774 g/mol. The van der Waals surface area contributed by atoms with Crippen molar-refractivity contribution in [2.45, 2.75) is 257 Å². The van der Waals surface area contributed by atoms with Crippen LogP contribution in [-0.2, 0) is 14.3 Å². The first-order chi connectivity index (χ1) is 27.0. The number of unbranched alkanes of at least 4 members (excludes halogenated alkanes) is 24. The Kier molecular flexibility index (Phi) is 41.7. The molecule has 0 rings (SSSR count). The predicted molar refractivity (Wildman–Crippen MR) is 236 cm³/mol. The molecule has 3 atom stereocenters. The van der Waals surface area contributed by atoms with Crippen molar-refractivity contribution < 1.29 is 24.5 Å². The first-order valence-corrected chi connectivity index (χ1v) is 23.7. The average molecular weight is 774 g/mol. The predicted octanol–water partition coefficient (Wildman–Crippen LogP) is 13.7. The fraction of sp³-hybridized carbons (Fsp3) is 0.837. The molecule has 0 aromatic rings. The number of aliphatic hydroxyl groups excluding tert-OH is 2. The van der Waals surface area contributed by atoms with Gasteiger partial charge < -0.3 is 20.3 Å². The van der Waals surface area contributed by atoms with Crippen LogP contribution in [0.2, 0.25) is 0 Å². The molecular formula is C49H91NO5. The highest BCUT2D eigenvalue weighted by Crippen LogP contribution is 2.17. The molecule has 3 N–H and O–H groups in total. The smallest absolute Gasteiger partial charge is 0.306 e. The van der Waals surface area contributed by atoms with E-state index in [9.17, 15) is 19.8 Å². The van der Waals surface area contributed by atoms with E-state index in [1.54, 1.807) is 0 Å². The molecule has 0 saturated heterocycles. The highest BCUT2D eigenvalue weighted by atomic mass is 16.5. The van der Waals surface area contributed by atoms with Gasteiger partial charge in [-0.25, -0.2) is 0 Å². The molecule has 0 aliphatic carbocycles. The largest absolute Gasteiger partial charge is 0.462 e. The standard InChI is InChI=1S/C49H91NO5/c1-4-7-10-13-16-19-22-24-25-27-30-33-36-39-42-49(54)55-45(40-37-34-31-28-21-18-15-12-9-6-3)43-48(53)50-46(44-51)47(52)41-38-35-32-29-26-23-20-17-14-11-8-5-2/h7,10,16,18-19,21,45-47,51-52H,4-6,8-9,11-15,17,20,22-44H2,1-3H3,(H,50,53)/b10-7+,19-16+,21-18-. The first-order valence-electron chi connectivity index (χ1n) is 23.7. The van der Waals surface area contributed by atoms with Crippen molar-refractivity contribution in [2.75, 3.05) is 6.61 Å². The summed E-state index contributed by atoms with van der Waals surface area (Å²) < 4.78 is 5.89. The summed E-state index contributed by atoms with van der Waals surface area (Å²) in [5.41, 5.74) is 0. The molecule has 6 heteroatoms. The van der Waals surface area contributed by atoms with Crippen molar-refractivity contribution in [3.8, 4) is 0 Å². The lowest BCUT2D eigenvalue weighted by molar-refractivity contribution is -0.151. The SMILES string of the molecule is CC/C=C/C/C=C/CCCCCCCCCC(=O)OC(CCCCC/C=C\CCCCC)CC(=O)NC(CO)C(O)CCCCCCCCCCCCCC. The number of carbonyl (C=O) groups excluding carboxylic acids is 2. The summed E-state index contributed by atoms with van der Waals surface area (Å²) >= 11 is 0. The zero-order valence-corrected chi connectivity index (χ0v) is 36.6. The molecule has 0 radical (unpaired) electrons. The maximum Gasteiger partial charge on any atom is 0.306 e. The molecule has 55 heavy (non-hydrogen) atoms. The zero-order valence-electron chi connectivity index (χ0n) is 36.6. The van der Waals surface area contributed by atoms with E-state index in [1.165, 1.54) is 103 Å². The Hall–Kier alpha value is -1.92. The molecule has 3 unspecified atom stereocenters. The summed E-state index contributed by atoms with van der Waals surface area (Å²) in [4.78, 5) is 26.0. The van der Waals surface area contributed by atoms with Crippen LogP contribution < -0.4 is 5.32 Å². The highest BCUT2D eigenvalue weighted by molar-refractivity contribution is 5.77. The van der Waals surface area contributed by atoms with Crippen LogP contribution in [0.5, 0.6) is 0 Å². The lowest BCUT2D eigenvalue weighted by Gasteiger charge is -2.24. The first kappa shape index (κ1) is 53.1. The van der Waals surface area contributed by atoms with Gasteiger partial charge in [0.2, 0.25) is 5.91 Å². The van der Waals surface area contributed by atoms with Crippen LogP contribution in [0.4, 0.5) is 0 Å². The van der Waals surface area contributed by atoms with Gasteiger partial charge in [0.1, 0.15) is 6.10 Å². The van der Waals surface area contributed by atoms with Crippen molar-refractivity contribution >= 4 is 11.9 Å². The second kappa shape index (κ2) is 43.2. The minimum Gasteiger partial charge on any atom is -0.462 e. The summed E-state index contributed by atoms with van der Waals surface area (Å²) in [6, 6.07) is -0.704. The number of hydrogen-bond acceptors (Lipinski definition) is 5. The second-order valence-electron chi connectivity index (χ2n) is 16.1. The number of allylic oxidation sites excluding steroid dienone is 6. The lowest BCUT2D eigenvalue weighted by Crippen LogP contribution is -2.46. The number of nitrogens with one attached hydrogen (secondary N) is 1. The van der Waals surface area contributed by atoms with Gasteiger partial charge in [-0.15, -0.1) is 0 Å².